The summed E-state index contributed by atoms with van der Waals surface area (Å²) in [5.41, 5.74) is 3.84. The Hall–Kier alpha value is -3.07. The quantitative estimate of drug-likeness (QED) is 0.422. The molecule has 0 saturated carbocycles. The molecule has 33 heavy (non-hydrogen) atoms. The van der Waals surface area contributed by atoms with E-state index in [1.54, 1.807) is 12.1 Å². The van der Waals surface area contributed by atoms with Crippen LogP contribution in [0.25, 0.3) is 10.6 Å². The lowest BCUT2D eigenvalue weighted by atomic mass is 9.98. The molecule has 9 heteroatoms. The molecule has 0 bridgehead atoms. The predicted molar refractivity (Wildman–Crippen MR) is 118 cm³/mol. The van der Waals surface area contributed by atoms with E-state index < -0.39 is 12.3 Å². The molecule has 0 aliphatic heterocycles. The van der Waals surface area contributed by atoms with Gasteiger partial charge in [0.15, 0.2) is 0 Å². The number of benzene rings is 2. The van der Waals surface area contributed by atoms with Crippen molar-refractivity contribution in [2.45, 2.75) is 44.9 Å². The number of aromatic nitrogens is 1. The molecule has 0 amide bonds. The highest BCUT2D eigenvalue weighted by atomic mass is 32.1. The van der Waals surface area contributed by atoms with Gasteiger partial charge < -0.3 is 14.6 Å². The van der Waals surface area contributed by atoms with Gasteiger partial charge in [0, 0.05) is 16.9 Å². The highest BCUT2D eigenvalue weighted by Crippen LogP contribution is 2.37. The van der Waals surface area contributed by atoms with Crippen LogP contribution in [0.2, 0.25) is 0 Å². The summed E-state index contributed by atoms with van der Waals surface area (Å²) in [5.74, 6) is -0.233. The van der Waals surface area contributed by atoms with Crippen molar-refractivity contribution in [1.82, 2.24) is 4.98 Å². The first-order chi connectivity index (χ1) is 15.7. The average Bonchev–Trinajstić information content (AvgIpc) is 3.30. The molecule has 5 nitrogen and oxygen atoms in total. The number of carbonyl (C=O) groups is 1. The van der Waals surface area contributed by atoms with Crippen molar-refractivity contribution in [1.29, 1.82) is 0 Å². The van der Waals surface area contributed by atoms with E-state index in [1.165, 1.54) is 23.5 Å². The summed E-state index contributed by atoms with van der Waals surface area (Å²) >= 11 is 1.48. The van der Waals surface area contributed by atoms with Crippen LogP contribution in [0.1, 0.15) is 40.5 Å². The summed E-state index contributed by atoms with van der Waals surface area (Å²) in [6.07, 6.45) is -2.28. The van der Waals surface area contributed by atoms with Gasteiger partial charge in [0.05, 0.1) is 18.7 Å². The Morgan fingerprint density at radius 2 is 1.91 bits per heavy atom. The van der Waals surface area contributed by atoms with Crippen LogP contribution >= 0.6 is 11.3 Å². The molecule has 0 unspecified atom stereocenters. The Labute approximate surface area is 192 Å². The highest BCUT2D eigenvalue weighted by molar-refractivity contribution is 7.15. The molecule has 3 aromatic rings. The van der Waals surface area contributed by atoms with Crippen LogP contribution in [0.3, 0.4) is 0 Å². The molecule has 0 radical (unpaired) electrons. The van der Waals surface area contributed by atoms with Crippen molar-refractivity contribution in [3.63, 3.8) is 0 Å². The van der Waals surface area contributed by atoms with Gasteiger partial charge in [-0.2, -0.15) is 0 Å². The lowest BCUT2D eigenvalue weighted by Gasteiger charge is -2.10. The Kier molecular flexibility index (Phi) is 6.60. The van der Waals surface area contributed by atoms with Crippen molar-refractivity contribution >= 4 is 17.3 Å². The van der Waals surface area contributed by atoms with Crippen molar-refractivity contribution < 1.29 is 32.5 Å². The summed E-state index contributed by atoms with van der Waals surface area (Å²) in [7, 11) is 0. The van der Waals surface area contributed by atoms with E-state index in [4.69, 9.17) is 9.84 Å². The van der Waals surface area contributed by atoms with Gasteiger partial charge in [-0.1, -0.05) is 6.07 Å². The largest absolute Gasteiger partial charge is 0.573 e. The number of hydrogen-bond donors (Lipinski definition) is 1. The van der Waals surface area contributed by atoms with Crippen LogP contribution in [0.4, 0.5) is 13.2 Å². The van der Waals surface area contributed by atoms with Gasteiger partial charge in [-0.3, -0.25) is 4.79 Å². The highest BCUT2D eigenvalue weighted by Gasteiger charge is 2.31. The molecule has 1 N–H and O–H groups in total. The summed E-state index contributed by atoms with van der Waals surface area (Å²) in [6, 6.07) is 11.5. The van der Waals surface area contributed by atoms with Crippen LogP contribution in [-0.4, -0.2) is 29.0 Å². The zero-order chi connectivity index (χ0) is 23.6. The SMILES string of the molecule is Cc1sc(-c2ccc(OC(F)(F)F)cc2)nc1CCOc1ccc2c(c1)CC[C@H]2CC(=O)O. The van der Waals surface area contributed by atoms with Gasteiger partial charge in [0.2, 0.25) is 0 Å². The predicted octanol–water partition coefficient (Wildman–Crippen LogP) is 6.14. The van der Waals surface area contributed by atoms with Crippen molar-refractivity contribution in [2.24, 2.45) is 0 Å². The zero-order valence-electron chi connectivity index (χ0n) is 17.8. The molecular weight excluding hydrogens is 455 g/mol. The van der Waals surface area contributed by atoms with E-state index in [2.05, 4.69) is 9.72 Å². The number of fused-ring (bicyclic) bond motifs is 1. The molecule has 1 aliphatic carbocycles. The molecule has 1 heterocycles. The summed E-state index contributed by atoms with van der Waals surface area (Å²) < 4.78 is 46.8. The van der Waals surface area contributed by atoms with Crippen LogP contribution in [-0.2, 0) is 17.6 Å². The standard InChI is InChI=1S/C24H22F3NO4S/c1-14-21(28-23(33-14)15-4-6-18(7-5-15)32-24(25,26)27)10-11-31-19-8-9-20-16(12-19)2-3-17(20)13-22(29)30/h4-9,12,17H,2-3,10-11,13H2,1H3,(H,29,30)/t17-/m0/s1. The van der Waals surface area contributed by atoms with Gasteiger partial charge in [-0.05, 0) is 73.2 Å². The topological polar surface area (TPSA) is 68.7 Å². The van der Waals surface area contributed by atoms with E-state index in [1.807, 2.05) is 25.1 Å². The van der Waals surface area contributed by atoms with Crippen LogP contribution < -0.4 is 9.47 Å². The Balaban J connectivity index is 1.35. The van der Waals surface area contributed by atoms with Gasteiger partial charge in [0.1, 0.15) is 16.5 Å². The third kappa shape index (κ3) is 5.84. The number of carboxylic acids is 1. The van der Waals surface area contributed by atoms with Gasteiger partial charge in [-0.25, -0.2) is 4.98 Å². The molecular formula is C24H22F3NO4S. The Bertz CT molecular complexity index is 1140. The van der Waals surface area contributed by atoms with E-state index in [9.17, 15) is 18.0 Å². The number of carboxylic acid groups (broad SMARTS) is 1. The van der Waals surface area contributed by atoms with E-state index >= 15 is 0 Å². The first-order valence-corrected chi connectivity index (χ1v) is 11.3. The second-order valence-electron chi connectivity index (χ2n) is 7.89. The van der Waals surface area contributed by atoms with Gasteiger partial charge >= 0.3 is 12.3 Å². The summed E-state index contributed by atoms with van der Waals surface area (Å²) in [4.78, 5) is 16.7. The van der Waals surface area contributed by atoms with E-state index in [-0.39, 0.29) is 18.1 Å². The molecule has 0 saturated heterocycles. The number of rotatable bonds is 8. The fraction of sp³-hybridized carbons (Fsp3) is 0.333. The molecule has 4 rings (SSSR count). The number of alkyl halides is 3. The first-order valence-electron chi connectivity index (χ1n) is 10.5. The summed E-state index contributed by atoms with van der Waals surface area (Å²) in [5, 5.41) is 9.78. The molecule has 1 aromatic heterocycles. The third-order valence-corrected chi connectivity index (χ3v) is 6.63. The second-order valence-corrected chi connectivity index (χ2v) is 9.09. The molecule has 1 aliphatic rings. The average molecular weight is 478 g/mol. The zero-order valence-corrected chi connectivity index (χ0v) is 18.6. The molecule has 1 atom stereocenters. The maximum atomic E-state index is 12.3. The normalized spacial score (nSPS) is 15.3. The van der Waals surface area contributed by atoms with Crippen LogP contribution in [0.5, 0.6) is 11.5 Å². The number of ether oxygens (including phenoxy) is 2. The number of aryl methyl sites for hydroxylation is 2. The first kappa shape index (κ1) is 23.1. The lowest BCUT2D eigenvalue weighted by molar-refractivity contribution is -0.274. The number of halogens is 3. The minimum absolute atomic E-state index is 0.0664. The minimum atomic E-state index is -4.72. The molecule has 174 valence electrons. The second kappa shape index (κ2) is 9.43. The van der Waals surface area contributed by atoms with Gasteiger partial charge in [-0.15, -0.1) is 24.5 Å². The fourth-order valence-corrected chi connectivity index (χ4v) is 5.01. The van der Waals surface area contributed by atoms with Crippen LogP contribution in [0.15, 0.2) is 42.5 Å². The lowest BCUT2D eigenvalue weighted by Crippen LogP contribution is -2.16. The molecule has 0 fully saturated rings. The minimum Gasteiger partial charge on any atom is -0.493 e. The number of thiazole rings is 1. The van der Waals surface area contributed by atoms with Crippen LogP contribution in [0, 0.1) is 6.92 Å². The smallest absolute Gasteiger partial charge is 0.493 e. The molecule has 0 spiro atoms. The van der Waals surface area contributed by atoms with E-state index in [0.717, 1.165) is 50.9 Å². The number of nitrogens with zero attached hydrogens (tertiary/aromatic N) is 1. The summed E-state index contributed by atoms with van der Waals surface area (Å²) in [6.45, 7) is 2.38. The van der Waals surface area contributed by atoms with Gasteiger partial charge in [0.25, 0.3) is 0 Å². The van der Waals surface area contributed by atoms with Crippen molar-refractivity contribution in [2.75, 3.05) is 6.61 Å². The van der Waals surface area contributed by atoms with Crippen molar-refractivity contribution in [3.05, 3.63) is 64.2 Å². The maximum absolute atomic E-state index is 12.3. The monoisotopic (exact) mass is 477 g/mol. The van der Waals surface area contributed by atoms with Crippen molar-refractivity contribution in [3.8, 4) is 22.1 Å². The number of hydrogen-bond acceptors (Lipinski definition) is 5. The maximum Gasteiger partial charge on any atom is 0.573 e. The van der Waals surface area contributed by atoms with E-state index in [0.29, 0.717) is 13.0 Å². The number of aliphatic carboxylic acids is 1. The molecule has 2 aromatic carbocycles. The Morgan fingerprint density at radius 3 is 2.61 bits per heavy atom. The Morgan fingerprint density at radius 1 is 1.18 bits per heavy atom. The fourth-order valence-electron chi connectivity index (χ4n) is 4.04. The third-order valence-electron chi connectivity index (χ3n) is 5.57.